The fraction of sp³-hybridized carbons (Fsp3) is 0.235. The number of esters is 1. The summed E-state index contributed by atoms with van der Waals surface area (Å²) in [5, 5.41) is 4.09. The van der Waals surface area contributed by atoms with Crippen LogP contribution in [0.4, 0.5) is 0 Å². The summed E-state index contributed by atoms with van der Waals surface area (Å²) < 4.78 is 6.19. The number of methoxy groups -OCH3 is 1. The Labute approximate surface area is 131 Å². The van der Waals surface area contributed by atoms with E-state index in [1.54, 1.807) is 0 Å². The summed E-state index contributed by atoms with van der Waals surface area (Å²) in [6.45, 7) is 0.672. The zero-order valence-corrected chi connectivity index (χ0v) is 13.7. The number of benzene rings is 2. The number of hydrogen-bond acceptors (Lipinski definition) is 3. The molecule has 110 valence electrons. The molecule has 4 heteroatoms. The van der Waals surface area contributed by atoms with Crippen LogP contribution in [0.15, 0.2) is 60.7 Å². The van der Waals surface area contributed by atoms with Gasteiger partial charge in [0.25, 0.3) is 0 Å². The van der Waals surface area contributed by atoms with Crippen LogP contribution in [0, 0.1) is 0 Å². The van der Waals surface area contributed by atoms with Crippen molar-refractivity contribution in [3.63, 3.8) is 0 Å². The molecule has 2 rings (SSSR count). The van der Waals surface area contributed by atoms with Gasteiger partial charge >= 0.3 is 131 Å². The van der Waals surface area contributed by atoms with Gasteiger partial charge in [0.05, 0.1) is 0 Å². The predicted molar refractivity (Wildman–Crippen MR) is 85.7 cm³/mol. The van der Waals surface area contributed by atoms with Gasteiger partial charge in [-0.1, -0.05) is 0 Å². The first-order chi connectivity index (χ1) is 10.3. The van der Waals surface area contributed by atoms with Crippen molar-refractivity contribution in [2.45, 2.75) is 17.9 Å². The molecule has 1 atom stereocenters. The minimum absolute atomic E-state index is 0.191. The standard InChI is InChI=1S/C17H19NO2Se/c1-20-17(19)16(13-21-15-10-6-3-7-11-15)18-12-14-8-4-2-5-9-14/h2-11,16,18H,12-13H2,1H3/t16-/m0/s1. The molecule has 0 aliphatic rings. The summed E-state index contributed by atoms with van der Waals surface area (Å²) >= 11 is 0.254. The van der Waals surface area contributed by atoms with Gasteiger partial charge in [-0.3, -0.25) is 0 Å². The Balaban J connectivity index is 1.90. The van der Waals surface area contributed by atoms with E-state index in [0.717, 1.165) is 5.32 Å². The third-order valence-corrected chi connectivity index (χ3v) is 5.36. The number of ether oxygens (including phenoxy) is 1. The molecular weight excluding hydrogens is 329 g/mol. The van der Waals surface area contributed by atoms with Crippen molar-refractivity contribution < 1.29 is 9.53 Å². The minimum atomic E-state index is -0.254. The SMILES string of the molecule is COC(=O)[C@H](C[Se]c1ccccc1)NCc1ccccc1. The van der Waals surface area contributed by atoms with Crippen LogP contribution in [0.1, 0.15) is 5.56 Å². The maximum atomic E-state index is 11.9. The normalized spacial score (nSPS) is 11.9. The molecule has 0 unspecified atom stereocenters. The molecule has 0 spiro atoms. The second-order valence-electron chi connectivity index (χ2n) is 4.57. The summed E-state index contributed by atoms with van der Waals surface area (Å²) in [7, 11) is 1.44. The Bertz CT molecular complexity index is 502. The van der Waals surface area contributed by atoms with E-state index in [9.17, 15) is 4.79 Å². The molecule has 0 saturated heterocycles. The van der Waals surface area contributed by atoms with Gasteiger partial charge in [-0.2, -0.15) is 0 Å². The summed E-state index contributed by atoms with van der Waals surface area (Å²) in [4.78, 5) is 11.9. The second kappa shape index (κ2) is 8.63. The van der Waals surface area contributed by atoms with Gasteiger partial charge in [-0.15, -0.1) is 0 Å². The Hall–Kier alpha value is -1.61. The van der Waals surface area contributed by atoms with Gasteiger partial charge in [-0.05, 0) is 0 Å². The van der Waals surface area contributed by atoms with Crippen molar-refractivity contribution in [1.29, 1.82) is 0 Å². The van der Waals surface area contributed by atoms with Crippen molar-refractivity contribution in [3.8, 4) is 0 Å². The average Bonchev–Trinajstić information content (AvgIpc) is 2.56. The first-order valence-electron chi connectivity index (χ1n) is 6.82. The summed E-state index contributed by atoms with van der Waals surface area (Å²) in [6.07, 6.45) is 0. The van der Waals surface area contributed by atoms with E-state index in [1.807, 2.05) is 48.5 Å². The van der Waals surface area contributed by atoms with Crippen LogP contribution in [0.5, 0.6) is 0 Å². The molecule has 0 aliphatic carbocycles. The molecular formula is C17H19NO2Se. The van der Waals surface area contributed by atoms with Crippen LogP contribution < -0.4 is 9.78 Å². The molecule has 3 nitrogen and oxygen atoms in total. The number of hydrogen-bond donors (Lipinski definition) is 1. The van der Waals surface area contributed by atoms with E-state index in [0.29, 0.717) is 6.54 Å². The number of rotatable bonds is 7. The van der Waals surface area contributed by atoms with E-state index in [2.05, 4.69) is 17.4 Å². The van der Waals surface area contributed by atoms with Crippen LogP contribution in [0.25, 0.3) is 0 Å². The van der Waals surface area contributed by atoms with Crippen molar-refractivity contribution in [2.24, 2.45) is 0 Å². The van der Waals surface area contributed by atoms with Crippen molar-refractivity contribution in [3.05, 3.63) is 66.2 Å². The molecule has 0 aliphatic heterocycles. The van der Waals surface area contributed by atoms with E-state index >= 15 is 0 Å². The monoisotopic (exact) mass is 349 g/mol. The van der Waals surface area contributed by atoms with Crippen molar-refractivity contribution in [1.82, 2.24) is 5.32 Å². The van der Waals surface area contributed by atoms with Gasteiger partial charge in [0.1, 0.15) is 0 Å². The first-order valence-corrected chi connectivity index (χ1v) is 8.89. The molecule has 0 saturated carbocycles. The second-order valence-corrected chi connectivity index (χ2v) is 6.86. The molecule has 2 aromatic carbocycles. The van der Waals surface area contributed by atoms with Crippen LogP contribution in [0.2, 0.25) is 5.32 Å². The fourth-order valence-corrected chi connectivity index (χ4v) is 3.91. The predicted octanol–water partition coefficient (Wildman–Crippen LogP) is 1.77. The molecule has 1 N–H and O–H groups in total. The number of carbonyl (C=O) groups excluding carboxylic acids is 1. The topological polar surface area (TPSA) is 38.3 Å². The van der Waals surface area contributed by atoms with E-state index in [4.69, 9.17) is 4.74 Å². The Morgan fingerprint density at radius 3 is 2.33 bits per heavy atom. The molecule has 0 amide bonds. The van der Waals surface area contributed by atoms with Gasteiger partial charge in [0.2, 0.25) is 0 Å². The third-order valence-electron chi connectivity index (χ3n) is 3.04. The van der Waals surface area contributed by atoms with Crippen LogP contribution in [-0.2, 0) is 16.1 Å². The van der Waals surface area contributed by atoms with E-state index < -0.39 is 0 Å². The molecule has 21 heavy (non-hydrogen) atoms. The zero-order valence-electron chi connectivity index (χ0n) is 12.0. The molecule has 2 aromatic rings. The molecule has 0 bridgehead atoms. The third kappa shape index (κ3) is 5.35. The molecule has 0 fully saturated rings. The quantitative estimate of drug-likeness (QED) is 0.612. The fourth-order valence-electron chi connectivity index (χ4n) is 1.89. The molecule has 0 aromatic heterocycles. The number of carbonyl (C=O) groups is 1. The average molecular weight is 348 g/mol. The van der Waals surface area contributed by atoms with Crippen LogP contribution in [-0.4, -0.2) is 34.1 Å². The van der Waals surface area contributed by atoms with Crippen LogP contribution in [0.3, 0.4) is 0 Å². The van der Waals surface area contributed by atoms with Crippen molar-refractivity contribution >= 4 is 25.4 Å². The summed E-state index contributed by atoms with van der Waals surface area (Å²) in [5.74, 6) is -0.191. The Morgan fingerprint density at radius 2 is 1.71 bits per heavy atom. The Kier molecular flexibility index (Phi) is 6.48. The molecule has 0 radical (unpaired) electrons. The molecule has 0 heterocycles. The summed E-state index contributed by atoms with van der Waals surface area (Å²) in [5.41, 5.74) is 1.17. The summed E-state index contributed by atoms with van der Waals surface area (Å²) in [6, 6.07) is 20.1. The Morgan fingerprint density at radius 1 is 1.10 bits per heavy atom. The van der Waals surface area contributed by atoms with Crippen LogP contribution >= 0.6 is 0 Å². The number of nitrogens with one attached hydrogen (secondary N) is 1. The maximum absolute atomic E-state index is 11.9. The van der Waals surface area contributed by atoms with Crippen molar-refractivity contribution in [2.75, 3.05) is 7.11 Å². The van der Waals surface area contributed by atoms with Gasteiger partial charge in [0, 0.05) is 0 Å². The van der Waals surface area contributed by atoms with E-state index in [-0.39, 0.29) is 27.0 Å². The zero-order chi connectivity index (χ0) is 14.9. The first kappa shape index (κ1) is 15.8. The van der Waals surface area contributed by atoms with Gasteiger partial charge < -0.3 is 0 Å². The van der Waals surface area contributed by atoms with E-state index in [1.165, 1.54) is 17.1 Å². The van der Waals surface area contributed by atoms with Gasteiger partial charge in [-0.25, -0.2) is 0 Å². The van der Waals surface area contributed by atoms with Gasteiger partial charge in [0.15, 0.2) is 0 Å².